The molecule has 2 heterocycles. The van der Waals surface area contributed by atoms with Crippen LogP contribution < -0.4 is 10.5 Å². The van der Waals surface area contributed by atoms with Gasteiger partial charge < -0.3 is 10.5 Å². The van der Waals surface area contributed by atoms with Crippen molar-refractivity contribution in [2.75, 3.05) is 5.73 Å². The van der Waals surface area contributed by atoms with Gasteiger partial charge in [-0.05, 0) is 32.4 Å². The van der Waals surface area contributed by atoms with Crippen LogP contribution in [0, 0.1) is 13.8 Å². The van der Waals surface area contributed by atoms with Crippen LogP contribution in [0.1, 0.15) is 23.9 Å². The fraction of sp³-hybridized carbons (Fsp3) is 0.308. The highest BCUT2D eigenvalue weighted by molar-refractivity contribution is 5.36. The second-order valence-electron chi connectivity index (χ2n) is 4.07. The molecule has 0 aliphatic heterocycles. The lowest BCUT2D eigenvalue weighted by atomic mass is 10.2. The molecule has 0 saturated carbocycles. The van der Waals surface area contributed by atoms with E-state index in [1.807, 2.05) is 32.9 Å². The Hall–Kier alpha value is -2.17. The van der Waals surface area contributed by atoms with Gasteiger partial charge in [0, 0.05) is 17.5 Å². The predicted octanol–water partition coefficient (Wildman–Crippen LogP) is 2.43. The maximum absolute atomic E-state index is 5.77. The third kappa shape index (κ3) is 2.56. The SMILES string of the molecule is CCc1nc(C)ccc1Oc1nc(N)ncc1C. The second-order valence-corrected chi connectivity index (χ2v) is 4.07. The van der Waals surface area contributed by atoms with E-state index < -0.39 is 0 Å². The molecule has 5 nitrogen and oxygen atoms in total. The molecule has 0 saturated heterocycles. The van der Waals surface area contributed by atoms with Crippen molar-refractivity contribution in [1.82, 2.24) is 15.0 Å². The van der Waals surface area contributed by atoms with Crippen molar-refractivity contribution in [1.29, 1.82) is 0 Å². The molecule has 0 aliphatic rings. The first-order valence-corrected chi connectivity index (χ1v) is 5.83. The molecule has 0 aliphatic carbocycles. The number of aryl methyl sites for hydroxylation is 3. The highest BCUT2D eigenvalue weighted by Gasteiger charge is 2.09. The number of rotatable bonds is 3. The molecule has 5 heteroatoms. The topological polar surface area (TPSA) is 73.9 Å². The van der Waals surface area contributed by atoms with Crippen LogP contribution in [0.4, 0.5) is 5.95 Å². The average Bonchev–Trinajstić information content (AvgIpc) is 2.36. The van der Waals surface area contributed by atoms with Crippen molar-refractivity contribution in [2.45, 2.75) is 27.2 Å². The minimum atomic E-state index is 0.203. The third-order valence-electron chi connectivity index (χ3n) is 2.56. The lowest BCUT2D eigenvalue weighted by molar-refractivity contribution is 0.450. The van der Waals surface area contributed by atoms with Crippen molar-refractivity contribution in [3.8, 4) is 11.6 Å². The van der Waals surface area contributed by atoms with Crippen LogP contribution in [0.2, 0.25) is 0 Å². The molecule has 0 atom stereocenters. The van der Waals surface area contributed by atoms with Gasteiger partial charge in [-0.25, -0.2) is 4.98 Å². The first-order chi connectivity index (χ1) is 8.60. The molecule has 0 amide bonds. The van der Waals surface area contributed by atoms with Crippen LogP contribution in [-0.2, 0) is 6.42 Å². The molecule has 0 fully saturated rings. The molecule has 0 bridgehead atoms. The maximum Gasteiger partial charge on any atom is 0.227 e. The molecule has 2 N–H and O–H groups in total. The Labute approximate surface area is 106 Å². The average molecular weight is 244 g/mol. The summed E-state index contributed by atoms with van der Waals surface area (Å²) in [4.78, 5) is 12.4. The molecular formula is C13H16N4O. The van der Waals surface area contributed by atoms with E-state index in [1.54, 1.807) is 6.20 Å². The molecule has 0 radical (unpaired) electrons. The monoisotopic (exact) mass is 244 g/mol. The number of nitrogen functional groups attached to an aromatic ring is 1. The van der Waals surface area contributed by atoms with E-state index in [1.165, 1.54) is 0 Å². The van der Waals surface area contributed by atoms with Crippen LogP contribution in [0.25, 0.3) is 0 Å². The molecule has 2 aromatic heterocycles. The Balaban J connectivity index is 2.36. The molecule has 94 valence electrons. The number of nitrogens with two attached hydrogens (primary N) is 1. The summed E-state index contributed by atoms with van der Waals surface area (Å²) >= 11 is 0. The Morgan fingerprint density at radius 3 is 2.72 bits per heavy atom. The van der Waals surface area contributed by atoms with Crippen molar-refractivity contribution < 1.29 is 4.74 Å². The van der Waals surface area contributed by atoms with E-state index in [2.05, 4.69) is 15.0 Å². The smallest absolute Gasteiger partial charge is 0.227 e. The molecule has 18 heavy (non-hydrogen) atoms. The van der Waals surface area contributed by atoms with Gasteiger partial charge in [-0.2, -0.15) is 4.98 Å². The van der Waals surface area contributed by atoms with Crippen LogP contribution in [0.5, 0.6) is 11.6 Å². The van der Waals surface area contributed by atoms with Gasteiger partial charge >= 0.3 is 0 Å². The van der Waals surface area contributed by atoms with Gasteiger partial charge in [0.25, 0.3) is 0 Å². The van der Waals surface area contributed by atoms with Gasteiger partial charge in [0.2, 0.25) is 11.8 Å². The summed E-state index contributed by atoms with van der Waals surface area (Å²) in [6.45, 7) is 5.87. The van der Waals surface area contributed by atoms with Crippen LogP contribution >= 0.6 is 0 Å². The molecule has 0 spiro atoms. The zero-order valence-electron chi connectivity index (χ0n) is 10.8. The van der Waals surface area contributed by atoms with Gasteiger partial charge in [0.1, 0.15) is 0 Å². The zero-order chi connectivity index (χ0) is 13.1. The first kappa shape index (κ1) is 12.3. The van der Waals surface area contributed by atoms with E-state index in [-0.39, 0.29) is 5.95 Å². The number of nitrogens with zero attached hydrogens (tertiary/aromatic N) is 3. The first-order valence-electron chi connectivity index (χ1n) is 5.83. The molecule has 2 aromatic rings. The lowest BCUT2D eigenvalue weighted by Crippen LogP contribution is -2.01. The molecule has 0 aromatic carbocycles. The van der Waals surface area contributed by atoms with Crippen molar-refractivity contribution in [3.05, 3.63) is 35.3 Å². The van der Waals surface area contributed by atoms with E-state index in [4.69, 9.17) is 10.5 Å². The van der Waals surface area contributed by atoms with Crippen molar-refractivity contribution >= 4 is 5.95 Å². The Morgan fingerprint density at radius 2 is 2.00 bits per heavy atom. The van der Waals surface area contributed by atoms with E-state index in [9.17, 15) is 0 Å². The minimum absolute atomic E-state index is 0.203. The summed E-state index contributed by atoms with van der Waals surface area (Å²) in [7, 11) is 0. The van der Waals surface area contributed by atoms with Crippen LogP contribution in [-0.4, -0.2) is 15.0 Å². The molecule has 2 rings (SSSR count). The normalized spacial score (nSPS) is 10.4. The highest BCUT2D eigenvalue weighted by Crippen LogP contribution is 2.25. The fourth-order valence-corrected chi connectivity index (χ4v) is 1.59. The van der Waals surface area contributed by atoms with Crippen molar-refractivity contribution in [3.63, 3.8) is 0 Å². The van der Waals surface area contributed by atoms with Gasteiger partial charge in [0.15, 0.2) is 5.75 Å². The summed E-state index contributed by atoms with van der Waals surface area (Å²) in [5, 5.41) is 0. The quantitative estimate of drug-likeness (QED) is 0.897. The number of ether oxygens (including phenoxy) is 1. The number of anilines is 1. The molecule has 0 unspecified atom stereocenters. The van der Waals surface area contributed by atoms with Gasteiger partial charge in [-0.15, -0.1) is 0 Å². The number of hydrogen-bond acceptors (Lipinski definition) is 5. The second kappa shape index (κ2) is 5.00. The Kier molecular flexibility index (Phi) is 3.41. The lowest BCUT2D eigenvalue weighted by Gasteiger charge is -2.11. The number of pyridine rings is 1. The van der Waals surface area contributed by atoms with Crippen molar-refractivity contribution in [2.24, 2.45) is 0 Å². The van der Waals surface area contributed by atoms with Gasteiger partial charge in [-0.1, -0.05) is 6.92 Å². The summed E-state index contributed by atoms with van der Waals surface area (Å²) < 4.78 is 5.77. The summed E-state index contributed by atoms with van der Waals surface area (Å²) in [5.74, 6) is 1.39. The zero-order valence-corrected chi connectivity index (χ0v) is 10.8. The van der Waals surface area contributed by atoms with Crippen LogP contribution in [0.3, 0.4) is 0 Å². The predicted molar refractivity (Wildman–Crippen MR) is 69.6 cm³/mol. The van der Waals surface area contributed by atoms with E-state index in [0.29, 0.717) is 11.6 Å². The number of hydrogen-bond donors (Lipinski definition) is 1. The minimum Gasteiger partial charge on any atom is -0.437 e. The summed E-state index contributed by atoms with van der Waals surface area (Å²) in [6, 6.07) is 3.81. The summed E-state index contributed by atoms with van der Waals surface area (Å²) in [5.41, 5.74) is 8.28. The Morgan fingerprint density at radius 1 is 1.22 bits per heavy atom. The molecular weight excluding hydrogens is 228 g/mol. The maximum atomic E-state index is 5.77. The Bertz CT molecular complexity index is 569. The standard InChI is InChI=1S/C13H16N4O/c1-4-10-11(6-5-9(3)16-10)18-12-8(2)7-15-13(14)17-12/h5-7H,4H2,1-3H3,(H2,14,15,17). The van der Waals surface area contributed by atoms with E-state index in [0.717, 1.165) is 23.4 Å². The van der Waals surface area contributed by atoms with Gasteiger partial charge in [0.05, 0.1) is 5.69 Å². The number of aromatic nitrogens is 3. The highest BCUT2D eigenvalue weighted by atomic mass is 16.5. The largest absolute Gasteiger partial charge is 0.437 e. The van der Waals surface area contributed by atoms with E-state index >= 15 is 0 Å². The van der Waals surface area contributed by atoms with Gasteiger partial charge in [-0.3, -0.25) is 4.98 Å². The third-order valence-corrected chi connectivity index (χ3v) is 2.56. The van der Waals surface area contributed by atoms with Crippen LogP contribution in [0.15, 0.2) is 18.3 Å². The summed E-state index contributed by atoms with van der Waals surface area (Å²) in [6.07, 6.45) is 2.45. The fourth-order valence-electron chi connectivity index (χ4n) is 1.59.